The molecule has 0 N–H and O–H groups in total. The van der Waals surface area contributed by atoms with E-state index in [-0.39, 0.29) is 29.0 Å². The van der Waals surface area contributed by atoms with E-state index in [4.69, 9.17) is 16.9 Å². The molecule has 1 aliphatic rings. The molecule has 1 amide bonds. The number of halogens is 2. The molecule has 0 unspecified atom stereocenters. The number of carbonyl (C=O) groups is 1. The lowest BCUT2D eigenvalue weighted by Crippen LogP contribution is -2.29. The Labute approximate surface area is 158 Å². The quantitative estimate of drug-likeness (QED) is 0.649. The molecule has 0 aliphatic carbocycles. The molecule has 0 saturated heterocycles. The van der Waals surface area contributed by atoms with Gasteiger partial charge in [0.1, 0.15) is 29.9 Å². The molecule has 134 valence electrons. The smallest absolute Gasteiger partial charge is 0.252 e. The molecule has 0 atom stereocenters. The van der Waals surface area contributed by atoms with E-state index in [1.165, 1.54) is 23.3 Å². The van der Waals surface area contributed by atoms with E-state index in [1.54, 1.807) is 11.0 Å². The number of carbonyl (C=O) groups excluding carboxylic acids is 1. The molecule has 2 aromatic heterocycles. The van der Waals surface area contributed by atoms with Gasteiger partial charge in [-0.2, -0.15) is 5.26 Å². The molecule has 7 nitrogen and oxygen atoms in total. The third-order valence-corrected chi connectivity index (χ3v) is 4.64. The van der Waals surface area contributed by atoms with Crippen molar-refractivity contribution in [2.24, 2.45) is 0 Å². The molecule has 4 rings (SSSR count). The number of hydrogen-bond donors (Lipinski definition) is 0. The van der Waals surface area contributed by atoms with Crippen LogP contribution < -0.4 is 0 Å². The van der Waals surface area contributed by atoms with Crippen LogP contribution >= 0.6 is 11.6 Å². The SMILES string of the molecule is N#Cc1ncn(CC(=O)N2Cc3ccc(-c4c(F)ccnc4Cl)cc3C2)n1. The van der Waals surface area contributed by atoms with Crippen molar-refractivity contribution < 1.29 is 9.18 Å². The second-order valence-corrected chi connectivity index (χ2v) is 6.43. The molecule has 1 aromatic carbocycles. The van der Waals surface area contributed by atoms with Crippen molar-refractivity contribution in [2.45, 2.75) is 19.6 Å². The summed E-state index contributed by atoms with van der Waals surface area (Å²) in [4.78, 5) is 21.9. The number of aromatic nitrogens is 4. The van der Waals surface area contributed by atoms with Crippen molar-refractivity contribution in [2.75, 3.05) is 0 Å². The molecule has 0 saturated carbocycles. The molecule has 3 aromatic rings. The summed E-state index contributed by atoms with van der Waals surface area (Å²) in [6.45, 7) is 0.859. The molecule has 0 fully saturated rings. The first-order valence-electron chi connectivity index (χ1n) is 8.04. The molecule has 1 aliphatic heterocycles. The van der Waals surface area contributed by atoms with E-state index in [9.17, 15) is 9.18 Å². The molecular weight excluding hydrogens is 371 g/mol. The van der Waals surface area contributed by atoms with Gasteiger partial charge in [0.25, 0.3) is 5.82 Å². The van der Waals surface area contributed by atoms with Crippen LogP contribution in [0.4, 0.5) is 4.39 Å². The number of hydrogen-bond acceptors (Lipinski definition) is 5. The normalized spacial score (nSPS) is 12.7. The summed E-state index contributed by atoms with van der Waals surface area (Å²) >= 11 is 6.04. The predicted octanol–water partition coefficient (Wildman–Crippen LogP) is 2.55. The Morgan fingerprint density at radius 2 is 2.07 bits per heavy atom. The van der Waals surface area contributed by atoms with E-state index in [0.717, 1.165) is 11.1 Å². The van der Waals surface area contributed by atoms with Crippen LogP contribution in [-0.4, -0.2) is 30.6 Å². The predicted molar refractivity (Wildman–Crippen MR) is 93.6 cm³/mol. The highest BCUT2D eigenvalue weighted by atomic mass is 35.5. The first-order chi connectivity index (χ1) is 13.0. The summed E-state index contributed by atoms with van der Waals surface area (Å²) in [6, 6.07) is 8.55. The van der Waals surface area contributed by atoms with Crippen molar-refractivity contribution in [3.05, 3.63) is 64.7 Å². The van der Waals surface area contributed by atoms with Crippen LogP contribution in [0.2, 0.25) is 5.15 Å². The minimum atomic E-state index is -0.444. The highest BCUT2D eigenvalue weighted by Crippen LogP contribution is 2.33. The monoisotopic (exact) mass is 382 g/mol. The summed E-state index contributed by atoms with van der Waals surface area (Å²) in [6.07, 6.45) is 2.67. The Bertz CT molecular complexity index is 1070. The van der Waals surface area contributed by atoms with Crippen LogP contribution in [0.3, 0.4) is 0 Å². The Kier molecular flexibility index (Phi) is 4.30. The van der Waals surface area contributed by atoms with E-state index >= 15 is 0 Å². The van der Waals surface area contributed by atoms with Crippen LogP contribution in [0.25, 0.3) is 11.1 Å². The van der Waals surface area contributed by atoms with Crippen molar-refractivity contribution in [1.82, 2.24) is 24.6 Å². The molecule has 0 spiro atoms. The largest absolute Gasteiger partial charge is 0.332 e. The molecule has 3 heterocycles. The zero-order chi connectivity index (χ0) is 19.0. The van der Waals surface area contributed by atoms with Gasteiger partial charge >= 0.3 is 0 Å². The summed E-state index contributed by atoms with van der Waals surface area (Å²) in [5.41, 5.74) is 2.78. The zero-order valence-electron chi connectivity index (χ0n) is 13.9. The maximum Gasteiger partial charge on any atom is 0.252 e. The Balaban J connectivity index is 1.54. The minimum Gasteiger partial charge on any atom is -0.332 e. The van der Waals surface area contributed by atoms with Gasteiger partial charge in [0.15, 0.2) is 0 Å². The van der Waals surface area contributed by atoms with E-state index < -0.39 is 5.82 Å². The second kappa shape index (κ2) is 6.78. The Hall–Kier alpha value is -3.31. The fraction of sp³-hybridized carbons (Fsp3) is 0.167. The lowest BCUT2D eigenvalue weighted by molar-refractivity contribution is -0.132. The summed E-state index contributed by atoms with van der Waals surface area (Å²) in [5.74, 6) is -0.569. The number of amides is 1. The van der Waals surface area contributed by atoms with Crippen LogP contribution in [0.5, 0.6) is 0 Å². The Morgan fingerprint density at radius 3 is 2.81 bits per heavy atom. The van der Waals surface area contributed by atoms with Crippen LogP contribution in [0.15, 0.2) is 36.8 Å². The molecule has 9 heteroatoms. The van der Waals surface area contributed by atoms with Crippen LogP contribution in [0.1, 0.15) is 17.0 Å². The molecule has 27 heavy (non-hydrogen) atoms. The molecular formula is C18H12ClFN6O. The molecule has 0 bridgehead atoms. The van der Waals surface area contributed by atoms with Crippen LogP contribution in [-0.2, 0) is 24.4 Å². The third kappa shape index (κ3) is 3.25. The fourth-order valence-electron chi connectivity index (χ4n) is 3.06. The summed E-state index contributed by atoms with van der Waals surface area (Å²) in [7, 11) is 0. The minimum absolute atomic E-state index is 0.00140. The van der Waals surface area contributed by atoms with Gasteiger partial charge in [-0.3, -0.25) is 4.79 Å². The number of fused-ring (bicyclic) bond motifs is 1. The van der Waals surface area contributed by atoms with Crippen molar-refractivity contribution in [3.63, 3.8) is 0 Å². The van der Waals surface area contributed by atoms with Gasteiger partial charge in [0.05, 0.1) is 5.56 Å². The number of pyridine rings is 1. The van der Waals surface area contributed by atoms with Gasteiger partial charge in [-0.15, -0.1) is 5.10 Å². The zero-order valence-corrected chi connectivity index (χ0v) is 14.7. The maximum atomic E-state index is 14.1. The van der Waals surface area contributed by atoms with Crippen molar-refractivity contribution >= 4 is 17.5 Å². The van der Waals surface area contributed by atoms with Gasteiger partial charge in [0, 0.05) is 19.3 Å². The average Bonchev–Trinajstić information content (AvgIpc) is 3.27. The van der Waals surface area contributed by atoms with Crippen LogP contribution in [0, 0.1) is 17.1 Å². The number of rotatable bonds is 3. The number of benzene rings is 1. The summed E-state index contributed by atoms with van der Waals surface area (Å²) in [5, 5.41) is 12.7. The third-order valence-electron chi connectivity index (χ3n) is 4.36. The average molecular weight is 383 g/mol. The lowest BCUT2D eigenvalue weighted by atomic mass is 10.0. The highest BCUT2D eigenvalue weighted by Gasteiger charge is 2.25. The Morgan fingerprint density at radius 1 is 1.26 bits per heavy atom. The standard InChI is InChI=1S/C18H12ClFN6O/c19-18-17(14(20)3-4-22-18)11-1-2-12-7-25(8-13(12)5-11)16(27)9-26-10-23-15(6-21)24-26/h1-5,10H,7-9H2. The lowest BCUT2D eigenvalue weighted by Gasteiger charge is -2.14. The van der Waals surface area contributed by atoms with Gasteiger partial charge in [-0.1, -0.05) is 23.7 Å². The van der Waals surface area contributed by atoms with E-state index in [1.807, 2.05) is 18.2 Å². The van der Waals surface area contributed by atoms with Gasteiger partial charge in [-0.05, 0) is 28.8 Å². The van der Waals surface area contributed by atoms with Gasteiger partial charge in [0.2, 0.25) is 5.91 Å². The topological polar surface area (TPSA) is 87.7 Å². The van der Waals surface area contributed by atoms with Crippen molar-refractivity contribution in [3.8, 4) is 17.2 Å². The summed E-state index contributed by atoms with van der Waals surface area (Å²) < 4.78 is 15.5. The van der Waals surface area contributed by atoms with Crippen molar-refractivity contribution in [1.29, 1.82) is 5.26 Å². The first-order valence-corrected chi connectivity index (χ1v) is 8.42. The van der Waals surface area contributed by atoms with E-state index in [0.29, 0.717) is 18.7 Å². The van der Waals surface area contributed by atoms with Gasteiger partial charge in [-0.25, -0.2) is 19.0 Å². The number of nitriles is 1. The van der Waals surface area contributed by atoms with Gasteiger partial charge < -0.3 is 4.90 Å². The first kappa shape index (κ1) is 17.1. The maximum absolute atomic E-state index is 14.1. The molecule has 0 radical (unpaired) electrons. The number of nitrogens with zero attached hydrogens (tertiary/aromatic N) is 6. The highest BCUT2D eigenvalue weighted by molar-refractivity contribution is 6.32. The fourth-order valence-corrected chi connectivity index (χ4v) is 3.31. The van der Waals surface area contributed by atoms with E-state index in [2.05, 4.69) is 15.1 Å². The second-order valence-electron chi connectivity index (χ2n) is 6.07.